The van der Waals surface area contributed by atoms with Crippen LogP contribution in [0, 0.1) is 23.2 Å². The minimum Gasteiger partial charge on any atom is -0.344 e. The highest BCUT2D eigenvalue weighted by Gasteiger charge is 2.54. The number of nitrogens with zero attached hydrogens (tertiary/aromatic N) is 1. The van der Waals surface area contributed by atoms with Crippen molar-refractivity contribution in [3.8, 4) is 0 Å². The van der Waals surface area contributed by atoms with E-state index < -0.39 is 6.04 Å². The van der Waals surface area contributed by atoms with E-state index in [1.807, 2.05) is 0 Å². The fourth-order valence-corrected chi connectivity index (χ4v) is 7.04. The summed E-state index contributed by atoms with van der Waals surface area (Å²) in [5, 5.41) is 6.27. The number of carbonyl (C=O) groups excluding carboxylic acids is 3. The minimum absolute atomic E-state index is 0.0511. The Morgan fingerprint density at radius 3 is 2.32 bits per heavy atom. The van der Waals surface area contributed by atoms with Gasteiger partial charge in [-0.3, -0.25) is 14.4 Å². The molecule has 5 aliphatic rings. The third-order valence-corrected chi connectivity index (χ3v) is 8.14. The van der Waals surface area contributed by atoms with Crippen molar-refractivity contribution < 1.29 is 14.4 Å². The first-order valence-electron chi connectivity index (χ1n) is 11.5. The second kappa shape index (κ2) is 7.80. The predicted octanol–water partition coefficient (Wildman–Crippen LogP) is 4.13. The van der Waals surface area contributed by atoms with Gasteiger partial charge in [-0.05, 0) is 87.8 Å². The SMILES string of the molecule is C[C@H](NC(=O)C12CC3CC(CC(C3)C1)C2)C(=O)Nc1ccc(N2CCCC2=O)c(Cl)c1. The summed E-state index contributed by atoms with van der Waals surface area (Å²) in [6.07, 6.45) is 8.14. The fraction of sp³-hybridized carbons (Fsp3) is 0.625. The number of hydrogen-bond acceptors (Lipinski definition) is 3. The van der Waals surface area contributed by atoms with Gasteiger partial charge in [0.2, 0.25) is 17.7 Å². The van der Waals surface area contributed by atoms with Gasteiger partial charge < -0.3 is 15.5 Å². The number of amides is 3. The van der Waals surface area contributed by atoms with E-state index in [-0.39, 0.29) is 23.1 Å². The lowest BCUT2D eigenvalue weighted by atomic mass is 9.49. The van der Waals surface area contributed by atoms with Gasteiger partial charge in [-0.2, -0.15) is 0 Å². The summed E-state index contributed by atoms with van der Waals surface area (Å²) in [5.74, 6) is 1.91. The zero-order valence-corrected chi connectivity index (χ0v) is 18.7. The van der Waals surface area contributed by atoms with E-state index in [1.54, 1.807) is 30.0 Å². The molecule has 6 rings (SSSR count). The van der Waals surface area contributed by atoms with Crippen LogP contribution in [-0.2, 0) is 14.4 Å². The summed E-state index contributed by atoms with van der Waals surface area (Å²) >= 11 is 6.38. The highest BCUT2D eigenvalue weighted by atomic mass is 35.5. The molecule has 6 nitrogen and oxygen atoms in total. The molecular weight excluding hydrogens is 414 g/mol. The molecule has 3 amide bonds. The molecule has 4 aliphatic carbocycles. The van der Waals surface area contributed by atoms with Gasteiger partial charge in [0.15, 0.2) is 0 Å². The summed E-state index contributed by atoms with van der Waals surface area (Å²) < 4.78 is 0. The molecule has 0 radical (unpaired) electrons. The topological polar surface area (TPSA) is 78.5 Å². The molecule has 0 unspecified atom stereocenters. The Morgan fingerprint density at radius 2 is 1.77 bits per heavy atom. The smallest absolute Gasteiger partial charge is 0.246 e. The van der Waals surface area contributed by atoms with E-state index in [9.17, 15) is 14.4 Å². The summed E-state index contributed by atoms with van der Waals surface area (Å²) in [6.45, 7) is 2.39. The number of anilines is 2. The standard InChI is InChI=1S/C24H30ClN3O3/c1-14(26-23(31)24-11-15-7-16(12-24)9-17(8-15)13-24)22(30)27-18-4-5-20(19(25)10-18)28-6-2-3-21(28)29/h4-5,10,14-17H,2-3,6-9,11-13H2,1H3,(H,26,31)(H,27,30)/t14-,15?,16?,17?,24?/m0/s1. The summed E-state index contributed by atoms with van der Waals surface area (Å²) in [6, 6.07) is 4.55. The minimum atomic E-state index is -0.626. The van der Waals surface area contributed by atoms with Crippen LogP contribution in [0.4, 0.5) is 11.4 Å². The van der Waals surface area contributed by atoms with Crippen molar-refractivity contribution in [1.82, 2.24) is 5.32 Å². The Kier molecular flexibility index (Phi) is 5.24. The molecule has 31 heavy (non-hydrogen) atoms. The lowest BCUT2D eigenvalue weighted by Gasteiger charge is -2.55. The molecule has 0 aromatic heterocycles. The monoisotopic (exact) mass is 443 g/mol. The van der Waals surface area contributed by atoms with Crippen LogP contribution in [0.1, 0.15) is 58.3 Å². The first-order valence-corrected chi connectivity index (χ1v) is 11.9. The molecule has 1 heterocycles. The van der Waals surface area contributed by atoms with Crippen LogP contribution >= 0.6 is 11.6 Å². The fourth-order valence-electron chi connectivity index (χ4n) is 6.76. The maximum absolute atomic E-state index is 13.2. The second-order valence-corrected chi connectivity index (χ2v) is 10.6. The van der Waals surface area contributed by atoms with Crippen LogP contribution in [0.3, 0.4) is 0 Å². The molecule has 166 valence electrons. The molecule has 1 aromatic carbocycles. The van der Waals surface area contributed by atoms with Gasteiger partial charge in [-0.25, -0.2) is 0 Å². The Morgan fingerprint density at radius 1 is 1.13 bits per heavy atom. The van der Waals surface area contributed by atoms with E-state index in [0.29, 0.717) is 47.1 Å². The van der Waals surface area contributed by atoms with E-state index >= 15 is 0 Å². The maximum Gasteiger partial charge on any atom is 0.246 e. The molecule has 1 aliphatic heterocycles. The van der Waals surface area contributed by atoms with Gasteiger partial charge in [-0.15, -0.1) is 0 Å². The number of benzene rings is 1. The molecular formula is C24H30ClN3O3. The van der Waals surface area contributed by atoms with Crippen molar-refractivity contribution in [2.45, 2.75) is 64.3 Å². The third kappa shape index (κ3) is 3.84. The second-order valence-electron chi connectivity index (χ2n) is 10.2. The van der Waals surface area contributed by atoms with Crippen molar-refractivity contribution in [3.05, 3.63) is 23.2 Å². The van der Waals surface area contributed by atoms with Crippen molar-refractivity contribution in [2.24, 2.45) is 23.2 Å². The summed E-state index contributed by atoms with van der Waals surface area (Å²) in [7, 11) is 0. The first-order chi connectivity index (χ1) is 14.8. The molecule has 1 aromatic rings. The van der Waals surface area contributed by atoms with Crippen molar-refractivity contribution in [2.75, 3.05) is 16.8 Å². The highest BCUT2D eigenvalue weighted by Crippen LogP contribution is 2.60. The Hall–Kier alpha value is -2.08. The number of hydrogen-bond donors (Lipinski definition) is 2. The van der Waals surface area contributed by atoms with Crippen LogP contribution in [0.15, 0.2) is 18.2 Å². The molecule has 5 fully saturated rings. The van der Waals surface area contributed by atoms with Crippen LogP contribution < -0.4 is 15.5 Å². The lowest BCUT2D eigenvalue weighted by Crippen LogP contribution is -2.56. The van der Waals surface area contributed by atoms with E-state index in [1.165, 1.54) is 19.3 Å². The number of rotatable bonds is 5. The molecule has 4 bridgehead atoms. The molecule has 0 spiro atoms. The maximum atomic E-state index is 13.2. The highest BCUT2D eigenvalue weighted by molar-refractivity contribution is 6.34. The third-order valence-electron chi connectivity index (χ3n) is 7.84. The Bertz CT molecular complexity index is 895. The zero-order valence-electron chi connectivity index (χ0n) is 18.0. The van der Waals surface area contributed by atoms with Gasteiger partial charge in [0.05, 0.1) is 10.7 Å². The van der Waals surface area contributed by atoms with Crippen molar-refractivity contribution in [1.29, 1.82) is 0 Å². The number of carbonyl (C=O) groups is 3. The van der Waals surface area contributed by atoms with Crippen LogP contribution in [0.5, 0.6) is 0 Å². The van der Waals surface area contributed by atoms with Gasteiger partial charge in [0, 0.05) is 24.1 Å². The molecule has 1 atom stereocenters. The van der Waals surface area contributed by atoms with Gasteiger partial charge >= 0.3 is 0 Å². The first kappa shape index (κ1) is 20.8. The van der Waals surface area contributed by atoms with Gasteiger partial charge in [-0.1, -0.05) is 11.6 Å². The largest absolute Gasteiger partial charge is 0.344 e. The van der Waals surface area contributed by atoms with Crippen LogP contribution in [-0.4, -0.2) is 30.3 Å². The Balaban J connectivity index is 1.21. The van der Waals surface area contributed by atoms with Crippen molar-refractivity contribution >= 4 is 40.7 Å². The molecule has 4 saturated carbocycles. The van der Waals surface area contributed by atoms with Crippen molar-refractivity contribution in [3.63, 3.8) is 0 Å². The van der Waals surface area contributed by atoms with E-state index in [2.05, 4.69) is 10.6 Å². The number of halogens is 1. The molecule has 1 saturated heterocycles. The van der Waals surface area contributed by atoms with Gasteiger partial charge in [0.1, 0.15) is 6.04 Å². The van der Waals surface area contributed by atoms with Crippen LogP contribution in [0.2, 0.25) is 5.02 Å². The quantitative estimate of drug-likeness (QED) is 0.718. The normalized spacial score (nSPS) is 32.3. The summed E-state index contributed by atoms with van der Waals surface area (Å²) in [5.41, 5.74) is 0.961. The molecule has 7 heteroatoms. The number of nitrogens with one attached hydrogen (secondary N) is 2. The van der Waals surface area contributed by atoms with E-state index in [4.69, 9.17) is 11.6 Å². The Labute approximate surface area is 188 Å². The predicted molar refractivity (Wildman–Crippen MR) is 120 cm³/mol. The van der Waals surface area contributed by atoms with Gasteiger partial charge in [0.25, 0.3) is 0 Å². The lowest BCUT2D eigenvalue weighted by molar-refractivity contribution is -0.147. The van der Waals surface area contributed by atoms with E-state index in [0.717, 1.165) is 25.7 Å². The average molecular weight is 444 g/mol. The summed E-state index contributed by atoms with van der Waals surface area (Å²) in [4.78, 5) is 39.6. The molecule has 2 N–H and O–H groups in total. The zero-order chi connectivity index (χ0) is 21.8. The van der Waals surface area contributed by atoms with Crippen LogP contribution in [0.25, 0.3) is 0 Å². The average Bonchev–Trinajstić information content (AvgIpc) is 3.12.